The van der Waals surface area contributed by atoms with E-state index in [9.17, 15) is 4.79 Å². The maximum Gasteiger partial charge on any atom is 0.185 e. The zero-order valence-electron chi connectivity index (χ0n) is 16.8. The molecule has 4 nitrogen and oxygen atoms in total. The summed E-state index contributed by atoms with van der Waals surface area (Å²) >= 11 is 1.30. The number of thioether (sulfide) groups is 1. The molecule has 0 atom stereocenters. The molecule has 3 aromatic carbocycles. The van der Waals surface area contributed by atoms with E-state index in [2.05, 4.69) is 77.8 Å². The number of aromatic nitrogens is 3. The molecule has 0 saturated heterocycles. The van der Waals surface area contributed by atoms with Crippen LogP contribution >= 0.6 is 11.8 Å². The van der Waals surface area contributed by atoms with Crippen LogP contribution in [0.2, 0.25) is 0 Å². The molecule has 1 heterocycles. The van der Waals surface area contributed by atoms with Gasteiger partial charge in [-0.1, -0.05) is 103 Å². The van der Waals surface area contributed by atoms with Crippen LogP contribution in [0.4, 0.5) is 0 Å². The van der Waals surface area contributed by atoms with Gasteiger partial charge in [0.1, 0.15) is 11.9 Å². The maximum absolute atomic E-state index is 11.3. The van der Waals surface area contributed by atoms with Gasteiger partial charge in [0.2, 0.25) is 0 Å². The van der Waals surface area contributed by atoms with Gasteiger partial charge in [-0.15, -0.1) is 0 Å². The molecule has 0 fully saturated rings. The topological polar surface area (TPSA) is 47.8 Å². The van der Waals surface area contributed by atoms with Crippen molar-refractivity contribution in [2.24, 2.45) is 0 Å². The van der Waals surface area contributed by atoms with Crippen LogP contribution in [0.5, 0.6) is 0 Å². The van der Waals surface area contributed by atoms with Crippen LogP contribution in [0.25, 0.3) is 0 Å². The van der Waals surface area contributed by atoms with E-state index in [0.29, 0.717) is 12.2 Å². The number of hydrogen-bond donors (Lipinski definition) is 0. The zero-order chi connectivity index (χ0) is 20.8. The van der Waals surface area contributed by atoms with Gasteiger partial charge in [0.15, 0.2) is 10.9 Å². The van der Waals surface area contributed by atoms with Crippen LogP contribution in [0.1, 0.15) is 29.4 Å². The van der Waals surface area contributed by atoms with Crippen molar-refractivity contribution in [1.82, 2.24) is 14.8 Å². The first-order valence-corrected chi connectivity index (χ1v) is 10.9. The van der Waals surface area contributed by atoms with Crippen LogP contribution in [0.3, 0.4) is 0 Å². The first kappa shape index (κ1) is 20.1. The third-order valence-electron chi connectivity index (χ3n) is 5.09. The number of carbonyl (C=O) groups excluding carboxylic acids is 1. The molecule has 0 amide bonds. The molecule has 5 heteroatoms. The van der Waals surface area contributed by atoms with Gasteiger partial charge in [-0.2, -0.15) is 5.10 Å². The predicted molar refractivity (Wildman–Crippen MR) is 121 cm³/mol. The van der Waals surface area contributed by atoms with Crippen molar-refractivity contribution in [3.63, 3.8) is 0 Å². The van der Waals surface area contributed by atoms with Crippen molar-refractivity contribution in [2.75, 3.05) is 5.75 Å². The number of hydrogen-bond acceptors (Lipinski definition) is 4. The van der Waals surface area contributed by atoms with Gasteiger partial charge in [0, 0.05) is 19.1 Å². The molecule has 1 aromatic heterocycles. The number of benzene rings is 3. The van der Waals surface area contributed by atoms with Gasteiger partial charge in [-0.25, -0.2) is 9.67 Å². The quantitative estimate of drug-likeness (QED) is 0.403. The van der Waals surface area contributed by atoms with Crippen molar-refractivity contribution in [2.45, 2.75) is 18.9 Å². The highest BCUT2D eigenvalue weighted by molar-refractivity contribution is 8.13. The molecule has 0 unspecified atom stereocenters. The van der Waals surface area contributed by atoms with Crippen LogP contribution in [0, 0.1) is 0 Å². The van der Waals surface area contributed by atoms with Gasteiger partial charge in [0.05, 0.1) is 0 Å². The fraction of sp³-hybridized carbons (Fsp3) is 0.160. The Hall–Kier alpha value is -3.18. The van der Waals surface area contributed by atoms with E-state index in [1.165, 1.54) is 11.8 Å². The van der Waals surface area contributed by atoms with Gasteiger partial charge >= 0.3 is 0 Å². The first-order valence-electron chi connectivity index (χ1n) is 9.92. The van der Waals surface area contributed by atoms with Crippen LogP contribution in [0.15, 0.2) is 97.3 Å². The lowest BCUT2D eigenvalue weighted by atomic mass is 9.77. The Morgan fingerprint density at radius 1 is 0.833 bits per heavy atom. The second-order valence-electron chi connectivity index (χ2n) is 7.00. The van der Waals surface area contributed by atoms with Gasteiger partial charge in [-0.3, -0.25) is 4.79 Å². The van der Waals surface area contributed by atoms with Crippen LogP contribution in [-0.2, 0) is 16.8 Å². The summed E-state index contributed by atoms with van der Waals surface area (Å²) in [6.07, 6.45) is 2.45. The zero-order valence-corrected chi connectivity index (χ0v) is 17.6. The molecule has 30 heavy (non-hydrogen) atoms. The normalized spacial score (nSPS) is 11.4. The SMILES string of the molecule is CC(=O)SCCc1ncn(C(c2ccccc2)(c2ccccc2)c2ccccc2)n1. The van der Waals surface area contributed by atoms with Crippen molar-refractivity contribution < 1.29 is 4.79 Å². The summed E-state index contributed by atoms with van der Waals surface area (Å²) in [5.74, 6) is 1.41. The average molecular weight is 414 g/mol. The second-order valence-corrected chi connectivity index (χ2v) is 8.28. The van der Waals surface area contributed by atoms with E-state index in [1.807, 2.05) is 22.9 Å². The smallest absolute Gasteiger partial charge is 0.185 e. The van der Waals surface area contributed by atoms with Crippen LogP contribution < -0.4 is 0 Å². The summed E-state index contributed by atoms with van der Waals surface area (Å²) in [5.41, 5.74) is 2.67. The molecule has 0 bridgehead atoms. The van der Waals surface area contributed by atoms with E-state index in [-0.39, 0.29) is 5.12 Å². The Kier molecular flexibility index (Phi) is 6.10. The molecular formula is C25H23N3OS. The molecule has 0 radical (unpaired) electrons. The summed E-state index contributed by atoms with van der Waals surface area (Å²) in [6.45, 7) is 1.59. The fourth-order valence-electron chi connectivity index (χ4n) is 3.79. The van der Waals surface area contributed by atoms with Gasteiger partial charge in [-0.05, 0) is 16.7 Å². The van der Waals surface area contributed by atoms with Crippen LogP contribution in [-0.4, -0.2) is 25.6 Å². The highest BCUT2D eigenvalue weighted by Gasteiger charge is 2.39. The van der Waals surface area contributed by atoms with Crippen molar-refractivity contribution >= 4 is 16.9 Å². The molecule has 0 N–H and O–H groups in total. The van der Waals surface area contributed by atoms with Crippen molar-refractivity contribution in [3.8, 4) is 0 Å². The summed E-state index contributed by atoms with van der Waals surface area (Å²) in [4.78, 5) is 15.9. The lowest BCUT2D eigenvalue weighted by Gasteiger charge is -2.35. The molecule has 0 aliphatic rings. The standard InChI is InChI=1S/C25H23N3OS/c1-20(29)30-18-17-24-26-19-28(27-24)25(21-11-5-2-6-12-21,22-13-7-3-8-14-22)23-15-9-4-10-16-23/h2-16,19H,17-18H2,1H3. The molecule has 150 valence electrons. The Morgan fingerprint density at radius 3 is 1.73 bits per heavy atom. The Labute approximate surface area is 181 Å². The molecule has 0 aliphatic heterocycles. The highest BCUT2D eigenvalue weighted by Crippen LogP contribution is 2.40. The summed E-state index contributed by atoms with van der Waals surface area (Å²) < 4.78 is 1.96. The Bertz CT molecular complexity index is 998. The molecule has 0 aliphatic carbocycles. The Balaban J connectivity index is 1.90. The molecule has 0 spiro atoms. The summed E-state index contributed by atoms with van der Waals surface area (Å²) in [7, 11) is 0. The molecule has 0 saturated carbocycles. The van der Waals surface area contributed by atoms with E-state index in [1.54, 1.807) is 13.3 Å². The molecule has 4 aromatic rings. The predicted octanol–water partition coefficient (Wildman–Crippen LogP) is 4.94. The number of nitrogens with zero attached hydrogens (tertiary/aromatic N) is 3. The Morgan fingerprint density at radius 2 is 1.30 bits per heavy atom. The number of aryl methyl sites for hydroxylation is 1. The summed E-state index contributed by atoms with van der Waals surface area (Å²) in [5, 5.41) is 5.00. The monoisotopic (exact) mass is 413 g/mol. The van der Waals surface area contributed by atoms with Gasteiger partial charge in [0.25, 0.3) is 0 Å². The largest absolute Gasteiger partial charge is 0.288 e. The van der Waals surface area contributed by atoms with Gasteiger partial charge < -0.3 is 0 Å². The van der Waals surface area contributed by atoms with E-state index < -0.39 is 5.54 Å². The molecule has 4 rings (SSSR count). The van der Waals surface area contributed by atoms with Crippen molar-refractivity contribution in [1.29, 1.82) is 0 Å². The maximum atomic E-state index is 11.3. The minimum absolute atomic E-state index is 0.113. The van der Waals surface area contributed by atoms with Crippen molar-refractivity contribution in [3.05, 3.63) is 120 Å². The van der Waals surface area contributed by atoms with E-state index >= 15 is 0 Å². The number of rotatable bonds is 7. The van der Waals surface area contributed by atoms with E-state index in [0.717, 1.165) is 22.5 Å². The fourth-order valence-corrected chi connectivity index (χ4v) is 4.37. The average Bonchev–Trinajstić information content (AvgIpc) is 3.25. The highest BCUT2D eigenvalue weighted by atomic mass is 32.2. The minimum atomic E-state index is -0.650. The molecular weight excluding hydrogens is 390 g/mol. The third kappa shape index (κ3) is 3.94. The number of carbonyl (C=O) groups is 1. The second kappa shape index (κ2) is 9.09. The van der Waals surface area contributed by atoms with E-state index in [4.69, 9.17) is 5.10 Å². The minimum Gasteiger partial charge on any atom is -0.288 e. The summed E-state index contributed by atoms with van der Waals surface area (Å²) in [6, 6.07) is 31.2. The third-order valence-corrected chi connectivity index (χ3v) is 5.90. The lowest BCUT2D eigenvalue weighted by molar-refractivity contribution is -0.109. The lowest BCUT2D eigenvalue weighted by Crippen LogP contribution is -2.38. The first-order chi connectivity index (χ1) is 14.7.